The number of primary amides is 1. The van der Waals surface area contributed by atoms with Crippen LogP contribution in [0.25, 0.3) is 11.1 Å². The molecule has 118 valence electrons. The lowest BCUT2D eigenvalue weighted by Gasteiger charge is -2.19. The second-order valence-electron chi connectivity index (χ2n) is 5.66. The highest BCUT2D eigenvalue weighted by atomic mass is 32.1. The topological polar surface area (TPSA) is 64.3 Å². The molecule has 0 aliphatic heterocycles. The molecule has 0 saturated carbocycles. The van der Waals surface area contributed by atoms with Crippen LogP contribution in [0.4, 0.5) is 5.69 Å². The van der Waals surface area contributed by atoms with E-state index in [0.29, 0.717) is 12.3 Å². The fourth-order valence-electron chi connectivity index (χ4n) is 2.31. The highest BCUT2D eigenvalue weighted by molar-refractivity contribution is 7.08. The number of ether oxygens (including phenoxy) is 1. The van der Waals surface area contributed by atoms with Gasteiger partial charge in [-0.3, -0.25) is 4.79 Å². The van der Waals surface area contributed by atoms with Gasteiger partial charge in [0, 0.05) is 16.3 Å². The third kappa shape index (κ3) is 4.01. The number of hydrogen-bond donors (Lipinski definition) is 2. The third-order valence-corrected chi connectivity index (χ3v) is 4.19. The summed E-state index contributed by atoms with van der Waals surface area (Å²) in [7, 11) is 1.65. The molecule has 1 aromatic carbocycles. The summed E-state index contributed by atoms with van der Waals surface area (Å²) in [6.07, 6.45) is 0.716. The highest BCUT2D eigenvalue weighted by Gasteiger charge is 2.18. The number of nitrogens with two attached hydrogens (primary N) is 1. The van der Waals surface area contributed by atoms with E-state index in [-0.39, 0.29) is 11.9 Å². The Morgan fingerprint density at radius 3 is 2.50 bits per heavy atom. The Morgan fingerprint density at radius 2 is 1.95 bits per heavy atom. The zero-order chi connectivity index (χ0) is 16.1. The number of benzene rings is 1. The second kappa shape index (κ2) is 7.31. The second-order valence-corrected chi connectivity index (χ2v) is 6.40. The molecule has 1 amide bonds. The lowest BCUT2D eigenvalue weighted by molar-refractivity contribution is -0.119. The van der Waals surface area contributed by atoms with Crippen molar-refractivity contribution in [2.75, 3.05) is 12.4 Å². The van der Waals surface area contributed by atoms with E-state index >= 15 is 0 Å². The molecule has 0 bridgehead atoms. The van der Waals surface area contributed by atoms with E-state index < -0.39 is 0 Å². The van der Waals surface area contributed by atoms with Crippen molar-refractivity contribution in [3.8, 4) is 16.9 Å². The summed E-state index contributed by atoms with van der Waals surface area (Å²) >= 11 is 1.60. The molecule has 1 atom stereocenters. The molecular formula is C17H22N2O2S. The van der Waals surface area contributed by atoms with Gasteiger partial charge in [-0.25, -0.2) is 0 Å². The molecule has 0 unspecified atom stereocenters. The van der Waals surface area contributed by atoms with Crippen LogP contribution in [0.5, 0.6) is 5.75 Å². The average molecular weight is 318 g/mol. The molecule has 0 saturated heterocycles. The Bertz CT molecular complexity index is 620. The van der Waals surface area contributed by atoms with Crippen molar-refractivity contribution in [3.63, 3.8) is 0 Å². The predicted octanol–water partition coefficient (Wildman–Crippen LogP) is 3.74. The van der Waals surface area contributed by atoms with Gasteiger partial charge >= 0.3 is 0 Å². The summed E-state index contributed by atoms with van der Waals surface area (Å²) in [5.41, 5.74) is 8.61. The maximum absolute atomic E-state index is 11.6. The van der Waals surface area contributed by atoms with Crippen molar-refractivity contribution in [3.05, 3.63) is 35.0 Å². The van der Waals surface area contributed by atoms with E-state index in [0.717, 1.165) is 22.6 Å². The van der Waals surface area contributed by atoms with Crippen molar-refractivity contribution in [1.82, 2.24) is 0 Å². The average Bonchev–Trinajstić information content (AvgIpc) is 2.94. The maximum Gasteiger partial charge on any atom is 0.239 e. The van der Waals surface area contributed by atoms with Gasteiger partial charge in [0.1, 0.15) is 11.8 Å². The summed E-state index contributed by atoms with van der Waals surface area (Å²) in [4.78, 5) is 11.6. The number of methoxy groups -OCH3 is 1. The fourth-order valence-corrected chi connectivity index (χ4v) is 3.11. The number of hydrogen-bond acceptors (Lipinski definition) is 4. The van der Waals surface area contributed by atoms with E-state index in [2.05, 4.69) is 24.5 Å². The Hall–Kier alpha value is -2.01. The quantitative estimate of drug-likeness (QED) is 0.817. The predicted molar refractivity (Wildman–Crippen MR) is 92.4 cm³/mol. The molecule has 1 aromatic heterocycles. The van der Waals surface area contributed by atoms with Gasteiger partial charge in [-0.1, -0.05) is 26.0 Å². The van der Waals surface area contributed by atoms with Gasteiger partial charge in [-0.15, -0.1) is 11.3 Å². The zero-order valence-electron chi connectivity index (χ0n) is 13.1. The molecule has 4 nitrogen and oxygen atoms in total. The molecule has 2 rings (SSSR count). The van der Waals surface area contributed by atoms with E-state index in [4.69, 9.17) is 10.5 Å². The van der Waals surface area contributed by atoms with Crippen LogP contribution in [0.2, 0.25) is 0 Å². The van der Waals surface area contributed by atoms with E-state index in [1.165, 1.54) is 0 Å². The first-order chi connectivity index (χ1) is 10.5. The summed E-state index contributed by atoms with van der Waals surface area (Å²) < 4.78 is 5.18. The number of carbonyl (C=O) groups excluding carboxylic acids is 1. The Labute approximate surface area is 135 Å². The minimum absolute atomic E-state index is 0.319. The molecular weight excluding hydrogens is 296 g/mol. The summed E-state index contributed by atoms with van der Waals surface area (Å²) in [6.45, 7) is 4.16. The first-order valence-electron chi connectivity index (χ1n) is 7.27. The monoisotopic (exact) mass is 318 g/mol. The largest absolute Gasteiger partial charge is 0.497 e. The first-order valence-corrected chi connectivity index (χ1v) is 8.22. The first kappa shape index (κ1) is 16.4. The van der Waals surface area contributed by atoms with Crippen molar-refractivity contribution >= 4 is 22.9 Å². The van der Waals surface area contributed by atoms with Crippen molar-refractivity contribution in [2.45, 2.75) is 26.3 Å². The van der Waals surface area contributed by atoms with Gasteiger partial charge in [-0.2, -0.15) is 0 Å². The van der Waals surface area contributed by atoms with E-state index in [1.54, 1.807) is 18.4 Å². The Kier molecular flexibility index (Phi) is 5.44. The van der Waals surface area contributed by atoms with Gasteiger partial charge in [-0.05, 0) is 30.0 Å². The van der Waals surface area contributed by atoms with Crippen LogP contribution in [-0.4, -0.2) is 19.1 Å². The van der Waals surface area contributed by atoms with Gasteiger partial charge in [0.15, 0.2) is 0 Å². The summed E-state index contributed by atoms with van der Waals surface area (Å²) in [5.74, 6) is 0.900. The maximum atomic E-state index is 11.6. The van der Waals surface area contributed by atoms with Gasteiger partial charge in [0.05, 0.1) is 12.8 Å². The normalized spacial score (nSPS) is 12.2. The molecule has 1 heterocycles. The summed E-state index contributed by atoms with van der Waals surface area (Å²) in [5, 5.41) is 7.37. The van der Waals surface area contributed by atoms with E-state index in [9.17, 15) is 4.79 Å². The van der Waals surface area contributed by atoms with Crippen molar-refractivity contribution in [1.29, 1.82) is 0 Å². The lowest BCUT2D eigenvalue weighted by Crippen LogP contribution is -2.36. The number of amides is 1. The van der Waals surface area contributed by atoms with Crippen molar-refractivity contribution in [2.24, 2.45) is 11.7 Å². The molecule has 0 radical (unpaired) electrons. The minimum Gasteiger partial charge on any atom is -0.497 e. The van der Waals surface area contributed by atoms with Crippen LogP contribution < -0.4 is 15.8 Å². The van der Waals surface area contributed by atoms with Crippen LogP contribution in [-0.2, 0) is 4.79 Å². The van der Waals surface area contributed by atoms with Crippen LogP contribution in [0.3, 0.4) is 0 Å². The SMILES string of the molecule is COc1ccc(-c2cscc2N[C@@H](CC(C)C)C(N)=O)cc1. The standard InChI is InChI=1S/C17H22N2O2S/c1-11(2)8-15(17(18)20)19-16-10-22-9-14(16)12-4-6-13(21-3)7-5-12/h4-7,9-11,15,19H,8H2,1-3H3,(H2,18,20)/t15-/m0/s1. The smallest absolute Gasteiger partial charge is 0.239 e. The number of nitrogens with one attached hydrogen (secondary N) is 1. The number of rotatable bonds is 7. The molecule has 0 aliphatic carbocycles. The van der Waals surface area contributed by atoms with E-state index in [1.807, 2.05) is 29.6 Å². The Balaban J connectivity index is 2.22. The molecule has 0 aliphatic rings. The summed E-state index contributed by atoms with van der Waals surface area (Å²) in [6, 6.07) is 7.51. The van der Waals surface area contributed by atoms with Crippen molar-refractivity contribution < 1.29 is 9.53 Å². The fraction of sp³-hybridized carbons (Fsp3) is 0.353. The minimum atomic E-state index is -0.355. The van der Waals surface area contributed by atoms with Crippen LogP contribution in [0.1, 0.15) is 20.3 Å². The van der Waals surface area contributed by atoms with Crippen LogP contribution in [0, 0.1) is 5.92 Å². The van der Waals surface area contributed by atoms with Gasteiger partial charge in [0.2, 0.25) is 5.91 Å². The van der Waals surface area contributed by atoms with Gasteiger partial charge in [0.25, 0.3) is 0 Å². The molecule has 3 N–H and O–H groups in total. The molecule has 2 aromatic rings. The van der Waals surface area contributed by atoms with Gasteiger partial charge < -0.3 is 15.8 Å². The highest BCUT2D eigenvalue weighted by Crippen LogP contribution is 2.33. The van der Waals surface area contributed by atoms with Crippen LogP contribution in [0.15, 0.2) is 35.0 Å². The molecule has 22 heavy (non-hydrogen) atoms. The molecule has 0 spiro atoms. The third-order valence-electron chi connectivity index (χ3n) is 3.44. The number of thiophene rings is 1. The lowest BCUT2D eigenvalue weighted by atomic mass is 10.0. The zero-order valence-corrected chi connectivity index (χ0v) is 13.9. The van der Waals surface area contributed by atoms with Crippen LogP contribution >= 0.6 is 11.3 Å². The number of carbonyl (C=O) groups is 1. The molecule has 0 fully saturated rings. The Morgan fingerprint density at radius 1 is 1.27 bits per heavy atom. The number of anilines is 1. The molecule has 5 heteroatoms.